The molecule has 3 aromatic heterocycles. The first-order chi connectivity index (χ1) is 34.5. The van der Waals surface area contributed by atoms with Crippen LogP contribution >= 0.6 is 12.6 Å². The van der Waals surface area contributed by atoms with Crippen LogP contribution in [0.2, 0.25) is 0 Å². The van der Waals surface area contributed by atoms with E-state index < -0.39 is 115 Å². The van der Waals surface area contributed by atoms with E-state index in [1.807, 2.05) is 0 Å². The van der Waals surface area contributed by atoms with Crippen LogP contribution < -0.4 is 43.0 Å². The van der Waals surface area contributed by atoms with Gasteiger partial charge in [0.25, 0.3) is 0 Å². The summed E-state index contributed by atoms with van der Waals surface area (Å²) in [7, 11) is 0. The number of H-pyrrole nitrogens is 3. The van der Waals surface area contributed by atoms with Crippen LogP contribution in [-0.4, -0.2) is 154 Å². The van der Waals surface area contributed by atoms with E-state index in [0.717, 1.165) is 0 Å². The molecule has 0 saturated carbocycles. The lowest BCUT2D eigenvalue weighted by Gasteiger charge is -2.27. The summed E-state index contributed by atoms with van der Waals surface area (Å²) in [4.78, 5) is 137. The number of nitrogens with two attached hydrogens (primary N) is 1. The lowest BCUT2D eigenvalue weighted by Crippen LogP contribution is -2.61. The monoisotopic (exact) mass is 1020 g/mol. The SMILES string of the molecule is C[C@H](N)C(=O)N[C@@H](CCC(=O)O)C(=O)N[C@@H](Cc1ccccc1)C(=O)N[C@@H](CO)C(=O)N[C@@H](Cc1cnc[nH]1)C(=O)N[C@@H](Cc1c[nH]c2ccccc12)C(=O)N[C@@H](Cc1cnc[nH]1)C(=O)N[C@@H](CS)C(=O)O. The number of aromatic nitrogens is 5. The first-order valence-corrected chi connectivity index (χ1v) is 23.2. The van der Waals surface area contributed by atoms with Crippen LogP contribution in [0.4, 0.5) is 0 Å². The van der Waals surface area contributed by atoms with E-state index in [-0.39, 0.29) is 37.9 Å². The van der Waals surface area contributed by atoms with E-state index in [0.29, 0.717) is 33.4 Å². The Morgan fingerprint density at radius 2 is 1.04 bits per heavy atom. The van der Waals surface area contributed by atoms with Crippen LogP contribution in [0.3, 0.4) is 0 Å². The summed E-state index contributed by atoms with van der Waals surface area (Å²) in [6.07, 6.45) is 5.39. The molecule has 0 bridgehead atoms. The molecule has 384 valence electrons. The summed E-state index contributed by atoms with van der Waals surface area (Å²) < 4.78 is 0. The van der Waals surface area contributed by atoms with Crippen molar-refractivity contribution >= 4 is 76.8 Å². The van der Waals surface area contributed by atoms with Gasteiger partial charge in [-0.3, -0.25) is 38.4 Å². The van der Waals surface area contributed by atoms with E-state index in [2.05, 4.69) is 74.8 Å². The number of aromatic amines is 3. The number of carbonyl (C=O) groups is 9. The Morgan fingerprint density at radius 3 is 1.53 bits per heavy atom. The van der Waals surface area contributed by atoms with Gasteiger partial charge in [-0.25, -0.2) is 14.8 Å². The number of para-hydroxylation sites is 1. The molecule has 3 heterocycles. The fourth-order valence-electron chi connectivity index (χ4n) is 7.29. The number of aliphatic carboxylic acids is 2. The zero-order valence-corrected chi connectivity index (χ0v) is 39.7. The number of imidazole rings is 2. The Balaban J connectivity index is 1.41. The predicted octanol–water partition coefficient (Wildman–Crippen LogP) is -2.50. The third kappa shape index (κ3) is 16.2. The quantitative estimate of drug-likeness (QED) is 0.0230. The Hall–Kier alpha value is -8.10. The molecule has 2 aromatic carbocycles. The van der Waals surface area contributed by atoms with Crippen LogP contribution in [-0.2, 0) is 68.8 Å². The maximum Gasteiger partial charge on any atom is 0.327 e. The van der Waals surface area contributed by atoms with Crippen molar-refractivity contribution in [3.8, 4) is 0 Å². The number of carboxylic acids is 2. The average molecular weight is 1020 g/mol. The third-order valence-electron chi connectivity index (χ3n) is 11.2. The molecule has 0 aliphatic heterocycles. The Kier molecular flexibility index (Phi) is 20.4. The number of aliphatic hydroxyl groups excluding tert-OH is 1. The second kappa shape index (κ2) is 26.8. The van der Waals surface area contributed by atoms with Gasteiger partial charge in [0.15, 0.2) is 0 Å². The van der Waals surface area contributed by atoms with Crippen molar-refractivity contribution < 1.29 is 58.5 Å². The number of carboxylic acid groups (broad SMARTS) is 2. The number of benzene rings is 2. The highest BCUT2D eigenvalue weighted by Crippen LogP contribution is 2.20. The number of hydrogen-bond acceptors (Lipinski definition) is 14. The maximum absolute atomic E-state index is 14.5. The summed E-state index contributed by atoms with van der Waals surface area (Å²) in [5, 5.41) is 47.6. The van der Waals surface area contributed by atoms with Crippen LogP contribution in [0.25, 0.3) is 10.9 Å². The molecule has 25 nitrogen and oxygen atoms in total. The fraction of sp³-hybridized carbons (Fsp3) is 0.370. The average Bonchev–Trinajstić information content (AvgIpc) is 4.16. The highest BCUT2D eigenvalue weighted by atomic mass is 32.1. The largest absolute Gasteiger partial charge is 0.481 e. The number of fused-ring (bicyclic) bond motifs is 1. The predicted molar refractivity (Wildman–Crippen MR) is 259 cm³/mol. The van der Waals surface area contributed by atoms with Crippen molar-refractivity contribution in [3.05, 3.63) is 108 Å². The van der Waals surface area contributed by atoms with Gasteiger partial charge in [0.1, 0.15) is 42.3 Å². The lowest BCUT2D eigenvalue weighted by atomic mass is 10.0. The second-order valence-corrected chi connectivity index (χ2v) is 17.0. The molecule has 72 heavy (non-hydrogen) atoms. The van der Waals surface area contributed by atoms with Crippen molar-refractivity contribution in [2.45, 2.75) is 93.8 Å². The van der Waals surface area contributed by atoms with E-state index in [9.17, 15) is 58.5 Å². The molecule has 7 amide bonds. The molecule has 0 saturated heterocycles. The number of thiol groups is 1. The normalized spacial score (nSPS) is 14.4. The van der Waals surface area contributed by atoms with Crippen LogP contribution in [0, 0.1) is 0 Å². The van der Waals surface area contributed by atoms with Gasteiger partial charge in [-0.2, -0.15) is 12.6 Å². The maximum atomic E-state index is 14.5. The molecule has 5 rings (SSSR count). The number of hydrogen-bond donors (Lipinski definition) is 15. The highest BCUT2D eigenvalue weighted by molar-refractivity contribution is 7.80. The number of nitrogens with one attached hydrogen (secondary N) is 10. The Bertz CT molecular complexity index is 2650. The molecule has 0 fully saturated rings. The van der Waals surface area contributed by atoms with Crippen LogP contribution in [0.15, 0.2) is 85.8 Å². The zero-order chi connectivity index (χ0) is 52.3. The number of aliphatic hydroxyl groups is 1. The zero-order valence-electron chi connectivity index (χ0n) is 38.8. The van der Waals surface area contributed by atoms with Gasteiger partial charge in [-0.1, -0.05) is 48.5 Å². The van der Waals surface area contributed by atoms with E-state index >= 15 is 0 Å². The van der Waals surface area contributed by atoms with E-state index in [1.54, 1.807) is 60.8 Å². The van der Waals surface area contributed by atoms with Crippen LogP contribution in [0.1, 0.15) is 42.3 Å². The van der Waals surface area contributed by atoms with Gasteiger partial charge in [-0.05, 0) is 30.5 Å². The Labute approximate surface area is 416 Å². The number of nitrogens with zero attached hydrogens (tertiary/aromatic N) is 2. The minimum Gasteiger partial charge on any atom is -0.481 e. The first kappa shape index (κ1) is 54.8. The molecule has 0 aliphatic carbocycles. The van der Waals surface area contributed by atoms with Crippen molar-refractivity contribution in [1.29, 1.82) is 0 Å². The number of amides is 7. The molecule has 5 aromatic rings. The highest BCUT2D eigenvalue weighted by Gasteiger charge is 2.35. The molecule has 0 radical (unpaired) electrons. The number of carbonyl (C=O) groups excluding carboxylic acids is 7. The summed E-state index contributed by atoms with van der Waals surface area (Å²) >= 11 is 4.02. The molecule has 15 N–H and O–H groups in total. The third-order valence-corrected chi connectivity index (χ3v) is 11.5. The minimum atomic E-state index is -1.76. The van der Waals surface area contributed by atoms with Crippen LogP contribution in [0.5, 0.6) is 0 Å². The van der Waals surface area contributed by atoms with Crippen molar-refractivity contribution in [1.82, 2.24) is 62.1 Å². The van der Waals surface area contributed by atoms with Crippen molar-refractivity contribution in [2.24, 2.45) is 5.73 Å². The van der Waals surface area contributed by atoms with Gasteiger partial charge < -0.3 is 73.2 Å². The lowest BCUT2D eigenvalue weighted by molar-refractivity contribution is -0.141. The summed E-state index contributed by atoms with van der Waals surface area (Å²) in [6, 6.07) is 3.93. The fourth-order valence-corrected chi connectivity index (χ4v) is 7.54. The second-order valence-electron chi connectivity index (χ2n) is 16.7. The summed E-state index contributed by atoms with van der Waals surface area (Å²) in [6.45, 7) is 0.335. The van der Waals surface area contributed by atoms with Crippen molar-refractivity contribution in [2.75, 3.05) is 12.4 Å². The molecule has 0 spiro atoms. The van der Waals surface area contributed by atoms with Gasteiger partial charge in [0, 0.05) is 78.7 Å². The summed E-state index contributed by atoms with van der Waals surface area (Å²) in [5.74, 6) is -9.38. The van der Waals surface area contributed by atoms with Gasteiger partial charge in [0.2, 0.25) is 41.4 Å². The van der Waals surface area contributed by atoms with Crippen molar-refractivity contribution in [3.63, 3.8) is 0 Å². The molecule has 8 atom stereocenters. The van der Waals surface area contributed by atoms with E-state index in [1.165, 1.54) is 32.0 Å². The summed E-state index contributed by atoms with van der Waals surface area (Å²) in [5.41, 5.74) is 8.23. The smallest absolute Gasteiger partial charge is 0.327 e. The Morgan fingerprint density at radius 1 is 0.583 bits per heavy atom. The number of rotatable bonds is 28. The molecular weight excluding hydrogens is 959 g/mol. The molecule has 26 heteroatoms. The minimum absolute atomic E-state index is 0.171. The molecular formula is C46H57N13O12S. The molecule has 0 aliphatic rings. The standard InChI is InChI=1S/C46H57N13O12S/c1-24(47)39(63)53-31(11-12-38(61)62)40(64)54-32(13-25-7-3-2-4-8-25)41(65)58-36(20-60)45(69)57-34(15-27-18-48-22-51-27)43(67)55-33(14-26-17-50-30-10-6-5-9-29(26)30)42(66)56-35(16-28-19-49-23-52-28)44(68)59-37(21-72)46(70)71/h2-10,17-19,22-24,31-37,50,60,72H,11-16,20-21,47H2,1H3,(H,48,51)(H,49,52)(H,53,63)(H,54,64)(H,55,67)(H,56,66)(H,57,69)(H,58,65)(H,59,68)(H,61,62)(H,70,71)/t24-,31-,32-,33-,34-,35-,36-,37-/m0/s1. The molecule has 0 unspecified atom stereocenters. The van der Waals surface area contributed by atoms with Gasteiger partial charge in [-0.15, -0.1) is 0 Å². The topological polar surface area (TPSA) is 398 Å². The van der Waals surface area contributed by atoms with Gasteiger partial charge >= 0.3 is 11.9 Å². The first-order valence-electron chi connectivity index (χ1n) is 22.5. The van der Waals surface area contributed by atoms with E-state index in [4.69, 9.17) is 5.73 Å². The van der Waals surface area contributed by atoms with Gasteiger partial charge in [0.05, 0.1) is 25.3 Å².